The molecule has 0 fully saturated rings. The number of hydrogen-bond donors (Lipinski definition) is 1. The van der Waals surface area contributed by atoms with Crippen molar-refractivity contribution in [3.05, 3.63) is 53.3 Å². The first kappa shape index (κ1) is 13.7. The first-order valence-corrected chi connectivity index (χ1v) is 5.89. The summed E-state index contributed by atoms with van der Waals surface area (Å²) in [6, 6.07) is 11.2. The molecule has 20 heavy (non-hydrogen) atoms. The monoisotopic (exact) mass is 272 g/mol. The largest absolute Gasteiger partial charge is 0.497 e. The maximum atomic E-state index is 13.6. The minimum Gasteiger partial charge on any atom is -0.497 e. The van der Waals surface area contributed by atoms with Gasteiger partial charge in [-0.3, -0.25) is 0 Å². The lowest BCUT2D eigenvalue weighted by Gasteiger charge is -2.10. The third-order valence-corrected chi connectivity index (χ3v) is 2.78. The number of nitrogen functional groups attached to an aromatic ring is 1. The summed E-state index contributed by atoms with van der Waals surface area (Å²) in [5, 5.41) is 8.91. The molecule has 2 rings (SSSR count). The van der Waals surface area contributed by atoms with Gasteiger partial charge in [0.1, 0.15) is 23.9 Å². The summed E-state index contributed by atoms with van der Waals surface area (Å²) in [6.45, 7) is -0.0173. The Morgan fingerprint density at radius 3 is 2.65 bits per heavy atom. The molecule has 0 bridgehead atoms. The van der Waals surface area contributed by atoms with Crippen molar-refractivity contribution in [2.75, 3.05) is 12.8 Å². The van der Waals surface area contributed by atoms with E-state index in [1.165, 1.54) is 19.2 Å². The maximum absolute atomic E-state index is 13.6. The van der Waals surface area contributed by atoms with E-state index in [1.54, 1.807) is 24.3 Å². The summed E-state index contributed by atoms with van der Waals surface area (Å²) in [5.41, 5.74) is 6.72. The van der Waals surface area contributed by atoms with Crippen LogP contribution >= 0.6 is 0 Å². The number of rotatable bonds is 4. The number of nitrogens with two attached hydrogens (primary N) is 1. The fourth-order valence-electron chi connectivity index (χ4n) is 1.72. The predicted octanol–water partition coefficient (Wildman–Crippen LogP) is 2.87. The van der Waals surface area contributed by atoms with Crippen LogP contribution in [0.2, 0.25) is 0 Å². The topological polar surface area (TPSA) is 68.3 Å². The molecule has 0 aliphatic heterocycles. The lowest BCUT2D eigenvalue weighted by Crippen LogP contribution is -2.03. The van der Waals surface area contributed by atoms with Crippen LogP contribution in [0, 0.1) is 17.1 Å². The highest BCUT2D eigenvalue weighted by Gasteiger charge is 2.08. The van der Waals surface area contributed by atoms with Crippen LogP contribution in [0.25, 0.3) is 0 Å². The molecule has 0 aromatic heterocycles. The fourth-order valence-corrected chi connectivity index (χ4v) is 1.72. The smallest absolute Gasteiger partial charge is 0.131 e. The zero-order valence-electron chi connectivity index (χ0n) is 10.9. The summed E-state index contributed by atoms with van der Waals surface area (Å²) < 4.78 is 24.2. The molecular formula is C15H13FN2O2. The van der Waals surface area contributed by atoms with E-state index in [0.29, 0.717) is 22.7 Å². The van der Waals surface area contributed by atoms with Crippen LogP contribution in [0.4, 0.5) is 10.1 Å². The first-order valence-electron chi connectivity index (χ1n) is 5.89. The van der Waals surface area contributed by atoms with Gasteiger partial charge in [0, 0.05) is 17.3 Å². The first-order chi connectivity index (χ1) is 9.63. The van der Waals surface area contributed by atoms with E-state index in [2.05, 4.69) is 0 Å². The van der Waals surface area contributed by atoms with Crippen molar-refractivity contribution in [3.8, 4) is 17.6 Å². The number of halogens is 1. The van der Waals surface area contributed by atoms with E-state index >= 15 is 0 Å². The molecule has 0 saturated carbocycles. The molecule has 0 saturated heterocycles. The maximum Gasteiger partial charge on any atom is 0.131 e. The summed E-state index contributed by atoms with van der Waals surface area (Å²) in [6.07, 6.45) is 0. The predicted molar refractivity (Wildman–Crippen MR) is 72.9 cm³/mol. The van der Waals surface area contributed by atoms with E-state index < -0.39 is 5.82 Å². The molecule has 5 heteroatoms. The molecule has 4 nitrogen and oxygen atoms in total. The molecule has 0 heterocycles. The van der Waals surface area contributed by atoms with E-state index in [-0.39, 0.29) is 12.2 Å². The van der Waals surface area contributed by atoms with Crippen molar-refractivity contribution in [1.29, 1.82) is 5.26 Å². The zero-order chi connectivity index (χ0) is 14.5. The molecule has 0 radical (unpaired) electrons. The lowest BCUT2D eigenvalue weighted by atomic mass is 10.2. The molecular weight excluding hydrogens is 259 g/mol. The average Bonchev–Trinajstić information content (AvgIpc) is 2.46. The Balaban J connectivity index is 2.21. The quantitative estimate of drug-likeness (QED) is 0.869. The van der Waals surface area contributed by atoms with Crippen molar-refractivity contribution < 1.29 is 13.9 Å². The van der Waals surface area contributed by atoms with Crippen LogP contribution in [0.15, 0.2) is 36.4 Å². The molecule has 0 unspecified atom stereocenters. The van der Waals surface area contributed by atoms with Crippen LogP contribution in [-0.2, 0) is 6.61 Å². The van der Waals surface area contributed by atoms with Crippen LogP contribution in [0.3, 0.4) is 0 Å². The number of methoxy groups -OCH3 is 1. The van der Waals surface area contributed by atoms with Gasteiger partial charge in [-0.2, -0.15) is 5.26 Å². The van der Waals surface area contributed by atoms with Gasteiger partial charge in [0.15, 0.2) is 0 Å². The number of anilines is 1. The normalized spacial score (nSPS) is 9.85. The van der Waals surface area contributed by atoms with Gasteiger partial charge in [0.05, 0.1) is 18.7 Å². The molecule has 0 aliphatic rings. The van der Waals surface area contributed by atoms with Crippen molar-refractivity contribution in [2.24, 2.45) is 0 Å². The molecule has 2 aromatic rings. The average molecular weight is 272 g/mol. The molecule has 0 amide bonds. The van der Waals surface area contributed by atoms with Crippen LogP contribution in [-0.4, -0.2) is 7.11 Å². The Labute approximate surface area is 116 Å². The number of nitriles is 1. The summed E-state index contributed by atoms with van der Waals surface area (Å²) >= 11 is 0. The van der Waals surface area contributed by atoms with E-state index in [1.807, 2.05) is 6.07 Å². The van der Waals surface area contributed by atoms with Gasteiger partial charge in [0.2, 0.25) is 0 Å². The van der Waals surface area contributed by atoms with Gasteiger partial charge in [0.25, 0.3) is 0 Å². The molecule has 0 spiro atoms. The second-order valence-electron chi connectivity index (χ2n) is 4.11. The Bertz CT molecular complexity index is 645. The van der Waals surface area contributed by atoms with E-state index in [4.69, 9.17) is 20.5 Å². The third kappa shape index (κ3) is 2.98. The molecule has 2 aromatic carbocycles. The van der Waals surface area contributed by atoms with Crippen molar-refractivity contribution in [1.82, 2.24) is 0 Å². The second kappa shape index (κ2) is 5.93. The summed E-state index contributed by atoms with van der Waals surface area (Å²) in [4.78, 5) is 0. The van der Waals surface area contributed by atoms with Crippen LogP contribution in [0.1, 0.15) is 11.1 Å². The number of hydrogen-bond acceptors (Lipinski definition) is 4. The Morgan fingerprint density at radius 1 is 1.25 bits per heavy atom. The molecule has 0 aliphatic carbocycles. The number of nitrogens with zero attached hydrogens (tertiary/aromatic N) is 1. The van der Waals surface area contributed by atoms with Crippen LogP contribution < -0.4 is 15.2 Å². The van der Waals surface area contributed by atoms with Gasteiger partial charge < -0.3 is 15.2 Å². The third-order valence-electron chi connectivity index (χ3n) is 2.78. The van der Waals surface area contributed by atoms with Crippen molar-refractivity contribution in [3.63, 3.8) is 0 Å². The molecule has 102 valence electrons. The zero-order valence-corrected chi connectivity index (χ0v) is 10.9. The summed E-state index contributed by atoms with van der Waals surface area (Å²) in [7, 11) is 1.50. The van der Waals surface area contributed by atoms with Gasteiger partial charge in [-0.05, 0) is 24.3 Å². The van der Waals surface area contributed by atoms with Gasteiger partial charge in [-0.15, -0.1) is 0 Å². The van der Waals surface area contributed by atoms with Crippen LogP contribution in [0.5, 0.6) is 11.5 Å². The van der Waals surface area contributed by atoms with Gasteiger partial charge >= 0.3 is 0 Å². The van der Waals surface area contributed by atoms with E-state index in [9.17, 15) is 4.39 Å². The van der Waals surface area contributed by atoms with Crippen molar-refractivity contribution in [2.45, 2.75) is 6.61 Å². The second-order valence-corrected chi connectivity index (χ2v) is 4.11. The highest BCUT2D eigenvalue weighted by molar-refractivity contribution is 5.48. The highest BCUT2D eigenvalue weighted by Crippen LogP contribution is 2.24. The summed E-state index contributed by atoms with van der Waals surface area (Å²) in [5.74, 6) is 0.498. The Morgan fingerprint density at radius 2 is 2.00 bits per heavy atom. The Kier molecular flexibility index (Phi) is 4.06. The lowest BCUT2D eigenvalue weighted by molar-refractivity contribution is 0.298. The highest BCUT2D eigenvalue weighted by atomic mass is 19.1. The van der Waals surface area contributed by atoms with Crippen molar-refractivity contribution >= 4 is 5.69 Å². The standard InChI is InChI=1S/C15H13FN2O2/c1-19-11-5-10(8-17)6-12(7-11)20-9-13-14(16)3-2-4-15(13)18/h2-7H,9,18H2,1H3. The number of benzene rings is 2. The fraction of sp³-hybridized carbons (Fsp3) is 0.133. The molecule has 2 N–H and O–H groups in total. The minimum absolute atomic E-state index is 0.0173. The Hall–Kier alpha value is -2.74. The van der Waals surface area contributed by atoms with E-state index in [0.717, 1.165) is 0 Å². The number of ether oxygens (including phenoxy) is 2. The van der Waals surface area contributed by atoms with Gasteiger partial charge in [-0.1, -0.05) is 6.07 Å². The minimum atomic E-state index is -0.423. The van der Waals surface area contributed by atoms with Gasteiger partial charge in [-0.25, -0.2) is 4.39 Å². The molecule has 0 atom stereocenters. The SMILES string of the molecule is COc1cc(C#N)cc(OCc2c(N)cccc2F)c1.